The lowest BCUT2D eigenvalue weighted by molar-refractivity contribution is 0.0575. The molecule has 1 amide bonds. The zero-order valence-electron chi connectivity index (χ0n) is 18.6. The molecule has 0 aliphatic carbocycles. The Morgan fingerprint density at radius 2 is 2.09 bits per heavy atom. The van der Waals surface area contributed by atoms with Crippen molar-refractivity contribution in [3.8, 4) is 0 Å². The number of anilines is 3. The van der Waals surface area contributed by atoms with Gasteiger partial charge in [-0.15, -0.1) is 0 Å². The van der Waals surface area contributed by atoms with E-state index in [9.17, 15) is 9.59 Å². The monoisotopic (exact) mass is 453 g/mol. The molecule has 2 aliphatic rings. The first-order valence-electron chi connectivity index (χ1n) is 11.1. The Kier molecular flexibility index (Phi) is 5.73. The fourth-order valence-electron chi connectivity index (χ4n) is 4.25. The van der Waals surface area contributed by atoms with E-state index >= 15 is 0 Å². The minimum atomic E-state index is -0.351. The maximum absolute atomic E-state index is 13.4. The molecule has 0 radical (unpaired) electrons. The average molecular weight is 454 g/mol. The molecule has 0 saturated carbocycles. The predicted octanol–water partition coefficient (Wildman–Crippen LogP) is 2.21. The summed E-state index contributed by atoms with van der Waals surface area (Å²) in [6, 6.07) is 2.94. The number of aromatic nitrogens is 4. The summed E-state index contributed by atoms with van der Waals surface area (Å²) in [7, 11) is 1.77. The molecule has 11 nitrogen and oxygen atoms in total. The van der Waals surface area contributed by atoms with Gasteiger partial charge in [0.15, 0.2) is 5.65 Å². The number of amides is 1. The van der Waals surface area contributed by atoms with Gasteiger partial charge in [-0.25, -0.2) is 19.3 Å². The standard InChI is InChI=1S/C22H27N7O4/c1-13-9-33-10-14-6-17(21(30)28(8-14)15-4-3-5-32-11-15)26-18-7-16(23-2)19-20(27-18)29(12-24-19)22(31)25-13/h6-8,12-13,15H,3-5,9-11H2,1-2H3,(H,25,31)(H2,23,26,27)/t13-,15+/m1/s1. The Labute approximate surface area is 190 Å². The van der Waals surface area contributed by atoms with Gasteiger partial charge in [0.05, 0.1) is 37.6 Å². The number of fused-ring (bicyclic) bond motifs is 3. The number of hydrogen-bond donors (Lipinski definition) is 3. The van der Waals surface area contributed by atoms with Crippen LogP contribution in [-0.2, 0) is 16.1 Å². The number of nitrogens with zero attached hydrogens (tertiary/aromatic N) is 4. The second kappa shape index (κ2) is 8.83. The van der Waals surface area contributed by atoms with E-state index in [0.717, 1.165) is 18.4 Å². The Balaban J connectivity index is 1.65. The van der Waals surface area contributed by atoms with Crippen LogP contribution in [0.25, 0.3) is 11.2 Å². The van der Waals surface area contributed by atoms with Crippen molar-refractivity contribution in [2.75, 3.05) is 37.5 Å². The number of pyridine rings is 2. The van der Waals surface area contributed by atoms with Gasteiger partial charge >= 0.3 is 6.03 Å². The molecular formula is C22H27N7O4. The van der Waals surface area contributed by atoms with Gasteiger partial charge in [-0.05, 0) is 31.4 Å². The van der Waals surface area contributed by atoms with Gasteiger partial charge in [-0.2, -0.15) is 0 Å². The predicted molar refractivity (Wildman–Crippen MR) is 123 cm³/mol. The second-order valence-electron chi connectivity index (χ2n) is 8.43. The number of rotatable bonds is 2. The SMILES string of the molecule is CNc1cc2nc3c1ncn3C(=O)N[C@H](C)COCc1cc(c(=O)n([C@H]3CCCOC3)c1)N2. The summed E-state index contributed by atoms with van der Waals surface area (Å²) < 4.78 is 14.6. The molecule has 3 aromatic heterocycles. The minimum absolute atomic E-state index is 0.0337. The highest BCUT2D eigenvalue weighted by Gasteiger charge is 2.21. The molecule has 5 rings (SSSR count). The summed E-state index contributed by atoms with van der Waals surface area (Å²) in [5.74, 6) is 0.424. The quantitative estimate of drug-likeness (QED) is 0.540. The maximum atomic E-state index is 13.4. The summed E-state index contributed by atoms with van der Waals surface area (Å²) in [6.07, 6.45) is 5.06. The van der Waals surface area contributed by atoms with Crippen molar-refractivity contribution < 1.29 is 14.3 Å². The molecule has 2 atom stereocenters. The van der Waals surface area contributed by atoms with Crippen molar-refractivity contribution in [3.63, 3.8) is 0 Å². The third kappa shape index (κ3) is 4.16. The third-order valence-electron chi connectivity index (χ3n) is 5.89. The molecule has 1 fully saturated rings. The highest BCUT2D eigenvalue weighted by atomic mass is 16.5. The lowest BCUT2D eigenvalue weighted by atomic mass is 10.1. The first-order chi connectivity index (χ1) is 16.0. The molecule has 33 heavy (non-hydrogen) atoms. The zero-order chi connectivity index (χ0) is 22.9. The van der Waals surface area contributed by atoms with Crippen LogP contribution in [0.4, 0.5) is 22.0 Å². The van der Waals surface area contributed by atoms with E-state index < -0.39 is 0 Å². The van der Waals surface area contributed by atoms with Crippen molar-refractivity contribution in [1.82, 2.24) is 24.4 Å². The van der Waals surface area contributed by atoms with E-state index in [1.807, 2.05) is 13.1 Å². The lowest BCUT2D eigenvalue weighted by Crippen LogP contribution is -2.38. The summed E-state index contributed by atoms with van der Waals surface area (Å²) in [5.41, 5.74) is 2.70. The number of imidazole rings is 1. The third-order valence-corrected chi connectivity index (χ3v) is 5.89. The fourth-order valence-corrected chi connectivity index (χ4v) is 4.25. The molecular weight excluding hydrogens is 426 g/mol. The highest BCUT2D eigenvalue weighted by molar-refractivity contribution is 5.94. The topological polar surface area (TPSA) is 124 Å². The van der Waals surface area contributed by atoms with E-state index in [-0.39, 0.29) is 23.7 Å². The number of hydrogen-bond acceptors (Lipinski definition) is 8. The van der Waals surface area contributed by atoms with Crippen LogP contribution in [0, 0.1) is 0 Å². The van der Waals surface area contributed by atoms with E-state index in [0.29, 0.717) is 54.8 Å². The van der Waals surface area contributed by atoms with Crippen LogP contribution < -0.4 is 21.5 Å². The molecule has 2 aliphatic heterocycles. The average Bonchev–Trinajstić information content (AvgIpc) is 3.24. The van der Waals surface area contributed by atoms with Gasteiger partial charge in [0.2, 0.25) is 0 Å². The molecule has 0 unspecified atom stereocenters. The van der Waals surface area contributed by atoms with E-state index in [1.54, 1.807) is 23.7 Å². The van der Waals surface area contributed by atoms with Crippen LogP contribution >= 0.6 is 0 Å². The zero-order valence-corrected chi connectivity index (χ0v) is 18.6. The summed E-state index contributed by atoms with van der Waals surface area (Å²) >= 11 is 0. The molecule has 11 heteroatoms. The van der Waals surface area contributed by atoms with Gasteiger partial charge in [-0.3, -0.25) is 4.79 Å². The first-order valence-corrected chi connectivity index (χ1v) is 11.1. The van der Waals surface area contributed by atoms with Crippen molar-refractivity contribution in [3.05, 3.63) is 40.6 Å². The molecule has 0 aromatic carbocycles. The Hall–Kier alpha value is -3.44. The van der Waals surface area contributed by atoms with Crippen molar-refractivity contribution in [2.24, 2.45) is 0 Å². The van der Waals surface area contributed by atoms with E-state index in [2.05, 4.69) is 25.9 Å². The molecule has 4 bridgehead atoms. The molecule has 3 aromatic rings. The second-order valence-corrected chi connectivity index (χ2v) is 8.43. The molecule has 5 heterocycles. The maximum Gasteiger partial charge on any atom is 0.328 e. The van der Waals surface area contributed by atoms with Crippen LogP contribution in [0.15, 0.2) is 29.5 Å². The van der Waals surface area contributed by atoms with Gasteiger partial charge in [0, 0.05) is 25.9 Å². The number of ether oxygens (including phenoxy) is 2. The van der Waals surface area contributed by atoms with Crippen LogP contribution in [0.3, 0.4) is 0 Å². The van der Waals surface area contributed by atoms with Gasteiger partial charge in [-0.1, -0.05) is 0 Å². The minimum Gasteiger partial charge on any atom is -0.386 e. The summed E-state index contributed by atoms with van der Waals surface area (Å²) in [5, 5.41) is 9.17. The number of nitrogens with one attached hydrogen (secondary N) is 3. The van der Waals surface area contributed by atoms with Crippen LogP contribution in [0.5, 0.6) is 0 Å². The largest absolute Gasteiger partial charge is 0.386 e. The van der Waals surface area contributed by atoms with Crippen LogP contribution in [-0.4, -0.2) is 58.0 Å². The normalized spacial score (nSPS) is 21.3. The van der Waals surface area contributed by atoms with Crippen LogP contribution in [0.1, 0.15) is 31.4 Å². The van der Waals surface area contributed by atoms with Crippen molar-refractivity contribution >= 4 is 34.4 Å². The summed E-state index contributed by atoms with van der Waals surface area (Å²) in [4.78, 5) is 35.2. The summed E-state index contributed by atoms with van der Waals surface area (Å²) in [6.45, 7) is 3.70. The van der Waals surface area contributed by atoms with Gasteiger partial charge in [0.1, 0.15) is 23.3 Å². The van der Waals surface area contributed by atoms with Gasteiger partial charge in [0.25, 0.3) is 5.56 Å². The van der Waals surface area contributed by atoms with Crippen molar-refractivity contribution in [1.29, 1.82) is 0 Å². The number of carbonyl (C=O) groups excluding carboxylic acids is 1. The molecule has 3 N–H and O–H groups in total. The van der Waals surface area contributed by atoms with Crippen LogP contribution in [0.2, 0.25) is 0 Å². The Bertz CT molecular complexity index is 1250. The molecule has 174 valence electrons. The first kappa shape index (κ1) is 21.4. The fraction of sp³-hybridized carbons (Fsp3) is 0.455. The molecule has 1 saturated heterocycles. The molecule has 0 spiro atoms. The number of carbonyl (C=O) groups is 1. The van der Waals surface area contributed by atoms with E-state index in [4.69, 9.17) is 9.47 Å². The Morgan fingerprint density at radius 1 is 1.21 bits per heavy atom. The van der Waals surface area contributed by atoms with Gasteiger partial charge < -0.3 is 30.0 Å². The lowest BCUT2D eigenvalue weighted by Gasteiger charge is -2.25. The highest BCUT2D eigenvalue weighted by Crippen LogP contribution is 2.26. The Morgan fingerprint density at radius 3 is 2.88 bits per heavy atom. The van der Waals surface area contributed by atoms with Crippen molar-refractivity contribution in [2.45, 2.75) is 38.5 Å². The smallest absolute Gasteiger partial charge is 0.328 e. The van der Waals surface area contributed by atoms with E-state index in [1.165, 1.54) is 10.9 Å².